The van der Waals surface area contributed by atoms with Crippen LogP contribution in [-0.2, 0) is 9.59 Å². The van der Waals surface area contributed by atoms with E-state index in [1.165, 1.54) is 56.9 Å². The van der Waals surface area contributed by atoms with Crippen LogP contribution in [0.3, 0.4) is 0 Å². The molecule has 5 heteroatoms. The number of carboxylic acids is 2. The molecule has 1 aromatic rings. The van der Waals surface area contributed by atoms with Gasteiger partial charge in [0.2, 0.25) is 0 Å². The summed E-state index contributed by atoms with van der Waals surface area (Å²) in [6.07, 6.45) is 15.3. The van der Waals surface area contributed by atoms with Crippen LogP contribution in [0.2, 0.25) is 0 Å². The lowest BCUT2D eigenvalue weighted by atomic mass is 10.1. The minimum atomic E-state index is -1.04. The van der Waals surface area contributed by atoms with E-state index in [9.17, 15) is 9.59 Å². The lowest BCUT2D eigenvalue weighted by Crippen LogP contribution is -1.91. The van der Waals surface area contributed by atoms with Gasteiger partial charge in [-0.1, -0.05) is 38.5 Å². The molecular weight excluding hydrogens is 294 g/mol. The molecule has 2 N–H and O–H groups in total. The van der Waals surface area contributed by atoms with Gasteiger partial charge in [0, 0.05) is 18.3 Å². The lowest BCUT2D eigenvalue weighted by molar-refractivity contribution is -0.132. The summed E-state index contributed by atoms with van der Waals surface area (Å²) in [5.74, 6) is -2.07. The van der Waals surface area contributed by atoms with Gasteiger partial charge in [0.05, 0.1) is 5.69 Å². The van der Waals surface area contributed by atoms with E-state index in [-0.39, 0.29) is 0 Å². The molecule has 3 rings (SSSR count). The number of carboxylic acid groups (broad SMARTS) is 2. The third kappa shape index (κ3) is 11.9. The van der Waals surface area contributed by atoms with Crippen LogP contribution in [0, 0.1) is 6.92 Å². The Morgan fingerprint density at radius 1 is 0.957 bits per heavy atom. The second-order valence-electron chi connectivity index (χ2n) is 5.44. The van der Waals surface area contributed by atoms with Crippen LogP contribution < -0.4 is 0 Å². The van der Waals surface area contributed by atoms with E-state index in [1.54, 1.807) is 13.0 Å². The van der Waals surface area contributed by atoms with Crippen molar-refractivity contribution in [2.24, 2.45) is 0 Å². The Hall–Kier alpha value is -2.43. The third-order valence-electron chi connectivity index (χ3n) is 2.65. The summed E-state index contributed by atoms with van der Waals surface area (Å²) in [5, 5.41) is 16.9. The fourth-order valence-electron chi connectivity index (χ4n) is 1.19. The molecule has 5 nitrogen and oxygen atoms in total. The monoisotopic (exact) mass is 317 g/mol. The molecule has 2 saturated carbocycles. The highest BCUT2D eigenvalue weighted by molar-refractivity contribution is 5.86. The molecule has 0 bridgehead atoms. The maximum absolute atomic E-state index is 10.3. The molecule has 1 heterocycles. The van der Waals surface area contributed by atoms with Gasteiger partial charge in [0.25, 0.3) is 0 Å². The maximum atomic E-state index is 10.3. The number of aliphatic carboxylic acids is 2. The molecule has 0 spiro atoms. The highest BCUT2D eigenvalue weighted by Gasteiger charge is 1.98. The molecule has 0 saturated heterocycles. The van der Waals surface area contributed by atoms with Crippen LogP contribution >= 0.6 is 0 Å². The van der Waals surface area contributed by atoms with Crippen molar-refractivity contribution < 1.29 is 19.8 Å². The van der Waals surface area contributed by atoms with E-state index in [2.05, 4.69) is 4.98 Å². The molecule has 0 unspecified atom stereocenters. The average Bonchev–Trinajstić information content (AvgIpc) is 3.32. The Balaban J connectivity index is 0.000000360. The Morgan fingerprint density at radius 2 is 1.43 bits per heavy atom. The van der Waals surface area contributed by atoms with E-state index in [1.807, 2.05) is 0 Å². The van der Waals surface area contributed by atoms with Gasteiger partial charge in [0.15, 0.2) is 0 Å². The van der Waals surface area contributed by atoms with E-state index in [0.29, 0.717) is 11.3 Å². The van der Waals surface area contributed by atoms with E-state index in [4.69, 9.17) is 10.2 Å². The Bertz CT molecular complexity index is 575. The maximum Gasteiger partial charge on any atom is 0.328 e. The predicted molar refractivity (Wildman–Crippen MR) is 90.0 cm³/mol. The van der Waals surface area contributed by atoms with E-state index in [0.717, 1.165) is 17.7 Å². The van der Waals surface area contributed by atoms with E-state index < -0.39 is 11.9 Å². The van der Waals surface area contributed by atoms with Crippen LogP contribution in [0.15, 0.2) is 24.4 Å². The first-order valence-corrected chi connectivity index (χ1v) is 7.77. The van der Waals surface area contributed by atoms with Crippen molar-refractivity contribution in [1.29, 1.82) is 0 Å². The van der Waals surface area contributed by atoms with Gasteiger partial charge >= 0.3 is 11.9 Å². The van der Waals surface area contributed by atoms with Crippen molar-refractivity contribution in [2.45, 2.75) is 45.4 Å². The van der Waals surface area contributed by atoms with Crippen LogP contribution in [0.5, 0.6) is 0 Å². The highest BCUT2D eigenvalue weighted by Crippen LogP contribution is 2.15. The minimum absolute atomic E-state index is 0.542. The first-order chi connectivity index (χ1) is 11.0. The smallest absolute Gasteiger partial charge is 0.328 e. The van der Waals surface area contributed by atoms with Gasteiger partial charge in [-0.3, -0.25) is 4.98 Å². The molecule has 23 heavy (non-hydrogen) atoms. The molecule has 0 aliphatic heterocycles. The van der Waals surface area contributed by atoms with Crippen molar-refractivity contribution in [2.75, 3.05) is 0 Å². The fraction of sp³-hybridized carbons (Fsp3) is 0.389. The lowest BCUT2D eigenvalue weighted by Gasteiger charge is -2.00. The topological polar surface area (TPSA) is 87.5 Å². The zero-order valence-electron chi connectivity index (χ0n) is 13.4. The number of aryl methyl sites for hydroxylation is 1. The van der Waals surface area contributed by atoms with Crippen molar-refractivity contribution in [3.05, 3.63) is 41.2 Å². The van der Waals surface area contributed by atoms with Crippen LogP contribution in [0.4, 0.5) is 0 Å². The third-order valence-corrected chi connectivity index (χ3v) is 2.65. The number of hydrogen-bond acceptors (Lipinski definition) is 3. The summed E-state index contributed by atoms with van der Waals surface area (Å²) in [6, 6.07) is 1.73. The summed E-state index contributed by atoms with van der Waals surface area (Å²) >= 11 is 0. The normalized spacial score (nSPS) is 14.5. The number of nitrogens with zero attached hydrogens (tertiary/aromatic N) is 1. The van der Waals surface area contributed by atoms with Gasteiger partial charge < -0.3 is 10.2 Å². The predicted octanol–water partition coefficient (Wildman–Crippen LogP) is 3.93. The van der Waals surface area contributed by atoms with Gasteiger partial charge in [-0.2, -0.15) is 0 Å². The summed E-state index contributed by atoms with van der Waals surface area (Å²) in [6.45, 7) is 1.77. The Kier molecular flexibility index (Phi) is 8.36. The number of carbonyl (C=O) groups is 2. The number of rotatable bonds is 4. The quantitative estimate of drug-likeness (QED) is 0.822. The SMILES string of the molecule is C1CC1.C1CC1.Cc1cc(C=CC(=O)O)cnc1C=CC(=O)O. The molecule has 0 atom stereocenters. The molecule has 0 aromatic carbocycles. The van der Waals surface area contributed by atoms with Crippen molar-refractivity contribution >= 4 is 24.1 Å². The minimum Gasteiger partial charge on any atom is -0.478 e. The van der Waals surface area contributed by atoms with Crippen molar-refractivity contribution in [3.8, 4) is 0 Å². The molecule has 2 fully saturated rings. The Morgan fingerprint density at radius 3 is 1.83 bits per heavy atom. The molecular formula is C18H23NO4. The molecule has 124 valence electrons. The van der Waals surface area contributed by atoms with Crippen LogP contribution in [0.25, 0.3) is 12.2 Å². The van der Waals surface area contributed by atoms with Gasteiger partial charge in [-0.15, -0.1) is 0 Å². The first kappa shape index (κ1) is 18.6. The van der Waals surface area contributed by atoms with Gasteiger partial charge in [-0.05, 0) is 36.3 Å². The van der Waals surface area contributed by atoms with Crippen molar-refractivity contribution in [1.82, 2.24) is 4.98 Å². The molecule has 0 amide bonds. The number of aromatic nitrogens is 1. The van der Waals surface area contributed by atoms with Crippen LogP contribution in [-0.4, -0.2) is 27.1 Å². The Labute approximate surface area is 136 Å². The molecule has 0 radical (unpaired) electrons. The molecule has 1 aromatic heterocycles. The van der Waals surface area contributed by atoms with E-state index >= 15 is 0 Å². The zero-order valence-corrected chi connectivity index (χ0v) is 13.4. The van der Waals surface area contributed by atoms with Gasteiger partial charge in [0.1, 0.15) is 0 Å². The largest absolute Gasteiger partial charge is 0.478 e. The highest BCUT2D eigenvalue weighted by atomic mass is 16.4. The van der Waals surface area contributed by atoms with Gasteiger partial charge in [-0.25, -0.2) is 9.59 Å². The zero-order chi connectivity index (χ0) is 17.1. The second-order valence-corrected chi connectivity index (χ2v) is 5.44. The standard InChI is InChI=1S/C12H11NO4.2C3H6/c1-8-6-9(2-4-11(14)15)7-13-10(8)3-5-12(16)17;2*1-2-3-1/h2-7H,1H3,(H,14,15)(H,16,17);2*1-3H2. The number of hydrogen-bond donors (Lipinski definition) is 2. The average molecular weight is 317 g/mol. The molecule has 2 aliphatic rings. The molecule has 2 aliphatic carbocycles. The summed E-state index contributed by atoms with van der Waals surface area (Å²) in [5.41, 5.74) is 1.97. The summed E-state index contributed by atoms with van der Waals surface area (Å²) in [7, 11) is 0. The second kappa shape index (κ2) is 10.3. The summed E-state index contributed by atoms with van der Waals surface area (Å²) < 4.78 is 0. The van der Waals surface area contributed by atoms with Crippen LogP contribution in [0.1, 0.15) is 55.3 Å². The first-order valence-electron chi connectivity index (χ1n) is 7.77. The number of pyridine rings is 1. The fourth-order valence-corrected chi connectivity index (χ4v) is 1.19. The summed E-state index contributed by atoms with van der Waals surface area (Å²) in [4.78, 5) is 24.7. The van der Waals surface area contributed by atoms with Crippen molar-refractivity contribution in [3.63, 3.8) is 0 Å².